The Labute approximate surface area is 122 Å². The van der Waals surface area contributed by atoms with Crippen LogP contribution in [0.3, 0.4) is 0 Å². The molecule has 0 amide bonds. The Balaban J connectivity index is 2.25. The molecule has 2 rings (SSSR count). The highest BCUT2D eigenvalue weighted by Crippen LogP contribution is 2.16. The van der Waals surface area contributed by atoms with Crippen molar-refractivity contribution in [2.75, 3.05) is 7.11 Å². The van der Waals surface area contributed by atoms with E-state index in [1.165, 1.54) is 37.6 Å². The fraction of sp³-hybridized carbons (Fsp3) is 0.231. The minimum atomic E-state index is -3.77. The van der Waals surface area contributed by atoms with Gasteiger partial charge in [0, 0.05) is 12.4 Å². The molecule has 0 radical (unpaired) electrons. The van der Waals surface area contributed by atoms with Gasteiger partial charge in [0.2, 0.25) is 10.0 Å². The number of methoxy groups -OCH3 is 1. The van der Waals surface area contributed by atoms with Gasteiger partial charge in [0.25, 0.3) is 0 Å². The van der Waals surface area contributed by atoms with Crippen LogP contribution in [0.15, 0.2) is 41.6 Å². The molecule has 0 spiro atoms. The van der Waals surface area contributed by atoms with E-state index >= 15 is 0 Å². The van der Waals surface area contributed by atoms with Crippen molar-refractivity contribution in [1.82, 2.24) is 14.7 Å². The quantitative estimate of drug-likeness (QED) is 0.809. The summed E-state index contributed by atoms with van der Waals surface area (Å²) in [4.78, 5) is 18.3. The zero-order chi connectivity index (χ0) is 15.5. The Morgan fingerprint density at radius 3 is 2.81 bits per heavy atom. The summed E-state index contributed by atoms with van der Waals surface area (Å²) in [5.74, 6) is -0.0890. The first-order valence-electron chi connectivity index (χ1n) is 6.14. The summed E-state index contributed by atoms with van der Waals surface area (Å²) in [6, 6.07) is 5.12. The second-order valence-electron chi connectivity index (χ2n) is 4.34. The van der Waals surface area contributed by atoms with Crippen LogP contribution < -0.4 is 4.72 Å². The number of hydrogen-bond acceptors (Lipinski definition) is 5. The van der Waals surface area contributed by atoms with Crippen LogP contribution in [0.25, 0.3) is 0 Å². The van der Waals surface area contributed by atoms with Crippen LogP contribution in [0.1, 0.15) is 29.1 Å². The summed E-state index contributed by atoms with van der Waals surface area (Å²) in [6.45, 7) is 1.67. The topological polar surface area (TPSA) is 101 Å². The molecule has 0 fully saturated rings. The molecule has 0 saturated heterocycles. The molecule has 2 N–H and O–H groups in total. The van der Waals surface area contributed by atoms with Crippen LogP contribution in [-0.2, 0) is 14.8 Å². The number of hydrogen-bond donors (Lipinski definition) is 2. The van der Waals surface area contributed by atoms with Gasteiger partial charge in [-0.05, 0) is 25.1 Å². The first-order valence-corrected chi connectivity index (χ1v) is 7.62. The van der Waals surface area contributed by atoms with Crippen LogP contribution in [0, 0.1) is 0 Å². The van der Waals surface area contributed by atoms with E-state index in [2.05, 4.69) is 19.4 Å². The number of carbonyl (C=O) groups excluding carboxylic acids is 1. The van der Waals surface area contributed by atoms with E-state index in [1.54, 1.807) is 13.1 Å². The summed E-state index contributed by atoms with van der Waals surface area (Å²) >= 11 is 0. The normalized spacial score (nSPS) is 12.9. The van der Waals surface area contributed by atoms with Gasteiger partial charge in [-0.1, -0.05) is 6.07 Å². The van der Waals surface area contributed by atoms with E-state index in [-0.39, 0.29) is 10.5 Å². The second-order valence-corrected chi connectivity index (χ2v) is 6.05. The van der Waals surface area contributed by atoms with E-state index in [0.29, 0.717) is 5.82 Å². The highest BCUT2D eigenvalue weighted by Gasteiger charge is 2.20. The standard InChI is InChI=1S/C13H15N3O4S/c1-9(12-14-6-7-15-12)16-21(18,19)11-5-3-4-10(8-11)13(17)20-2/h3-9,16H,1-2H3,(H,14,15). The molecule has 2 aromatic rings. The molecular weight excluding hydrogens is 294 g/mol. The monoisotopic (exact) mass is 309 g/mol. The van der Waals surface area contributed by atoms with Crippen LogP contribution in [0.5, 0.6) is 0 Å². The van der Waals surface area contributed by atoms with E-state index in [9.17, 15) is 13.2 Å². The van der Waals surface area contributed by atoms with Gasteiger partial charge in [-0.25, -0.2) is 22.9 Å². The number of H-pyrrole nitrogens is 1. The summed E-state index contributed by atoms with van der Waals surface area (Å²) in [5, 5.41) is 0. The number of aromatic amines is 1. The van der Waals surface area contributed by atoms with Crippen LogP contribution in [0.4, 0.5) is 0 Å². The molecule has 112 valence electrons. The molecule has 21 heavy (non-hydrogen) atoms. The Hall–Kier alpha value is -2.19. The van der Waals surface area contributed by atoms with Crippen molar-refractivity contribution < 1.29 is 17.9 Å². The predicted molar refractivity (Wildman–Crippen MR) is 75.1 cm³/mol. The maximum atomic E-state index is 12.3. The number of rotatable bonds is 5. The van der Waals surface area contributed by atoms with Crippen LogP contribution in [0.2, 0.25) is 0 Å². The van der Waals surface area contributed by atoms with Crippen LogP contribution >= 0.6 is 0 Å². The average Bonchev–Trinajstić information content (AvgIpc) is 3.00. The highest BCUT2D eigenvalue weighted by molar-refractivity contribution is 7.89. The molecule has 1 aromatic heterocycles. The zero-order valence-corrected chi connectivity index (χ0v) is 12.3. The molecule has 1 unspecified atom stereocenters. The van der Waals surface area contributed by atoms with Gasteiger partial charge in [0.1, 0.15) is 5.82 Å². The highest BCUT2D eigenvalue weighted by atomic mass is 32.2. The smallest absolute Gasteiger partial charge is 0.337 e. The van der Waals surface area contributed by atoms with Crippen molar-refractivity contribution in [2.45, 2.75) is 17.9 Å². The molecule has 1 heterocycles. The first-order chi connectivity index (χ1) is 9.94. The second kappa shape index (κ2) is 6.06. The molecule has 0 aliphatic heterocycles. The van der Waals surface area contributed by atoms with Crippen molar-refractivity contribution in [3.05, 3.63) is 48.0 Å². The molecular formula is C13H15N3O4S. The number of sulfonamides is 1. The van der Waals surface area contributed by atoms with Crippen molar-refractivity contribution in [3.8, 4) is 0 Å². The van der Waals surface area contributed by atoms with Crippen molar-refractivity contribution in [3.63, 3.8) is 0 Å². The Bertz CT molecular complexity index is 726. The van der Waals surface area contributed by atoms with Gasteiger partial charge < -0.3 is 9.72 Å². The maximum absolute atomic E-state index is 12.3. The third-order valence-electron chi connectivity index (χ3n) is 2.83. The van der Waals surface area contributed by atoms with E-state index in [4.69, 9.17) is 0 Å². The largest absolute Gasteiger partial charge is 0.465 e. The third-order valence-corrected chi connectivity index (χ3v) is 4.37. The zero-order valence-electron chi connectivity index (χ0n) is 11.5. The molecule has 1 aromatic carbocycles. The molecule has 0 saturated carbocycles. The van der Waals surface area contributed by atoms with Crippen LogP contribution in [-0.4, -0.2) is 31.5 Å². The van der Waals surface area contributed by atoms with E-state index in [0.717, 1.165) is 0 Å². The lowest BCUT2D eigenvalue weighted by Gasteiger charge is -2.12. The number of benzene rings is 1. The molecule has 0 aliphatic rings. The van der Waals surface area contributed by atoms with Gasteiger partial charge in [-0.2, -0.15) is 0 Å². The fourth-order valence-corrected chi connectivity index (χ4v) is 3.03. The average molecular weight is 309 g/mol. The third kappa shape index (κ3) is 3.47. The summed E-state index contributed by atoms with van der Waals surface area (Å²) in [7, 11) is -2.53. The lowest BCUT2D eigenvalue weighted by Crippen LogP contribution is -2.27. The Kier molecular flexibility index (Phi) is 4.39. The van der Waals surface area contributed by atoms with Gasteiger partial charge >= 0.3 is 5.97 Å². The summed E-state index contributed by atoms with van der Waals surface area (Å²) < 4.78 is 31.7. The van der Waals surface area contributed by atoms with Gasteiger partial charge in [0.05, 0.1) is 23.6 Å². The first kappa shape index (κ1) is 15.2. The van der Waals surface area contributed by atoms with Gasteiger partial charge in [-0.15, -0.1) is 0 Å². The Morgan fingerprint density at radius 2 is 2.19 bits per heavy atom. The van der Waals surface area contributed by atoms with E-state index in [1.807, 2.05) is 0 Å². The number of nitrogens with zero attached hydrogens (tertiary/aromatic N) is 1. The molecule has 1 atom stereocenters. The van der Waals surface area contributed by atoms with E-state index < -0.39 is 22.0 Å². The minimum Gasteiger partial charge on any atom is -0.465 e. The molecule has 7 nitrogen and oxygen atoms in total. The maximum Gasteiger partial charge on any atom is 0.337 e. The minimum absolute atomic E-state index is 0.0104. The molecule has 0 bridgehead atoms. The number of nitrogens with one attached hydrogen (secondary N) is 2. The number of ether oxygens (including phenoxy) is 1. The summed E-state index contributed by atoms with van der Waals surface area (Å²) in [5.41, 5.74) is 0.172. The molecule has 0 aliphatic carbocycles. The molecule has 8 heteroatoms. The Morgan fingerprint density at radius 1 is 1.43 bits per heavy atom. The number of imidazole rings is 1. The number of carbonyl (C=O) groups is 1. The van der Waals surface area contributed by atoms with Crippen molar-refractivity contribution >= 4 is 16.0 Å². The fourth-order valence-electron chi connectivity index (χ4n) is 1.78. The predicted octanol–water partition coefficient (Wildman–Crippen LogP) is 1.24. The lowest BCUT2D eigenvalue weighted by atomic mass is 10.2. The van der Waals surface area contributed by atoms with Crippen molar-refractivity contribution in [2.24, 2.45) is 0 Å². The SMILES string of the molecule is COC(=O)c1cccc(S(=O)(=O)NC(C)c2ncc[nH]2)c1. The van der Waals surface area contributed by atoms with Gasteiger partial charge in [-0.3, -0.25) is 0 Å². The number of aromatic nitrogens is 2. The van der Waals surface area contributed by atoms with Gasteiger partial charge in [0.15, 0.2) is 0 Å². The van der Waals surface area contributed by atoms with Crippen molar-refractivity contribution in [1.29, 1.82) is 0 Å². The lowest BCUT2D eigenvalue weighted by molar-refractivity contribution is 0.0600. The number of esters is 1. The summed E-state index contributed by atoms with van der Waals surface area (Å²) in [6.07, 6.45) is 3.15.